The number of H-pyrrole nitrogens is 1. The minimum absolute atomic E-state index is 0.157. The van der Waals surface area contributed by atoms with Crippen LogP contribution in [0.1, 0.15) is 17.3 Å². The van der Waals surface area contributed by atoms with Crippen molar-refractivity contribution in [1.82, 2.24) is 14.9 Å². The van der Waals surface area contributed by atoms with Gasteiger partial charge >= 0.3 is 0 Å². The second kappa shape index (κ2) is 5.72. The fraction of sp³-hybridized carbons (Fsp3) is 0.214. The van der Waals surface area contributed by atoms with Crippen LogP contribution in [-0.2, 0) is 6.54 Å². The number of aromatic nitrogens is 2. The molecular weight excluding hydrogens is 274 g/mol. The average molecular weight is 287 g/mol. The maximum atomic E-state index is 12.2. The zero-order chi connectivity index (χ0) is 14.7. The Labute approximate surface area is 120 Å². The van der Waals surface area contributed by atoms with Crippen LogP contribution in [0.25, 0.3) is 10.9 Å². The Kier molecular flexibility index (Phi) is 4.01. The predicted octanol–water partition coefficient (Wildman–Crippen LogP) is 1.44. The van der Waals surface area contributed by atoms with Gasteiger partial charge in [0.1, 0.15) is 0 Å². The Morgan fingerprint density at radius 1 is 1.55 bits per heavy atom. The standard InChI is InChI=1S/C14H13N3O2S/c1-3-7-15-12(18)9-5-6-10-11(8-9)16-14(20)17(4-2)13(10)19/h1,5-6,8H,4,7H2,2H3,(H,15,18)(H,16,20). The first-order valence-corrected chi connectivity index (χ1v) is 6.47. The fourth-order valence-corrected chi connectivity index (χ4v) is 2.24. The molecule has 20 heavy (non-hydrogen) atoms. The van der Waals surface area contributed by atoms with Gasteiger partial charge in [0.25, 0.3) is 11.5 Å². The predicted molar refractivity (Wildman–Crippen MR) is 80.2 cm³/mol. The molecule has 6 heteroatoms. The van der Waals surface area contributed by atoms with Crippen LogP contribution in [0.2, 0.25) is 0 Å². The summed E-state index contributed by atoms with van der Waals surface area (Å²) in [4.78, 5) is 27.0. The van der Waals surface area contributed by atoms with Crippen LogP contribution in [0.5, 0.6) is 0 Å². The number of amides is 1. The highest BCUT2D eigenvalue weighted by Gasteiger charge is 2.09. The van der Waals surface area contributed by atoms with E-state index in [1.165, 1.54) is 4.57 Å². The van der Waals surface area contributed by atoms with Gasteiger partial charge in [0.05, 0.1) is 17.4 Å². The van der Waals surface area contributed by atoms with Gasteiger partial charge in [-0.2, -0.15) is 0 Å². The molecule has 1 amide bonds. The van der Waals surface area contributed by atoms with E-state index < -0.39 is 0 Å². The molecule has 0 fully saturated rings. The summed E-state index contributed by atoms with van der Waals surface area (Å²) in [5.74, 6) is 2.04. The third-order valence-electron chi connectivity index (χ3n) is 2.91. The van der Waals surface area contributed by atoms with E-state index in [0.717, 1.165) is 0 Å². The lowest BCUT2D eigenvalue weighted by atomic mass is 10.1. The molecule has 0 saturated carbocycles. The minimum atomic E-state index is -0.288. The molecule has 5 nitrogen and oxygen atoms in total. The fourth-order valence-electron chi connectivity index (χ4n) is 1.92. The topological polar surface area (TPSA) is 66.9 Å². The molecule has 0 spiro atoms. The molecule has 2 rings (SSSR count). The molecule has 2 aromatic rings. The molecule has 0 aliphatic rings. The molecule has 0 unspecified atom stereocenters. The summed E-state index contributed by atoms with van der Waals surface area (Å²) in [5, 5.41) is 3.06. The van der Waals surface area contributed by atoms with Crippen molar-refractivity contribution in [3.63, 3.8) is 0 Å². The zero-order valence-corrected chi connectivity index (χ0v) is 11.7. The first-order valence-electron chi connectivity index (χ1n) is 6.07. The van der Waals surface area contributed by atoms with E-state index in [2.05, 4.69) is 16.2 Å². The Bertz CT molecular complexity index is 827. The largest absolute Gasteiger partial charge is 0.341 e. The van der Waals surface area contributed by atoms with E-state index in [1.54, 1.807) is 18.2 Å². The van der Waals surface area contributed by atoms with Gasteiger partial charge in [-0.15, -0.1) is 6.42 Å². The molecule has 0 aliphatic carbocycles. The summed E-state index contributed by atoms with van der Waals surface area (Å²) in [6, 6.07) is 4.80. The smallest absolute Gasteiger partial charge is 0.262 e. The number of nitrogens with one attached hydrogen (secondary N) is 2. The molecule has 102 valence electrons. The van der Waals surface area contributed by atoms with Gasteiger partial charge < -0.3 is 10.3 Å². The Morgan fingerprint density at radius 3 is 2.95 bits per heavy atom. The van der Waals surface area contributed by atoms with Gasteiger partial charge in [-0.25, -0.2) is 0 Å². The third kappa shape index (κ3) is 2.49. The van der Waals surface area contributed by atoms with Crippen molar-refractivity contribution < 1.29 is 4.79 Å². The molecule has 0 atom stereocenters. The summed E-state index contributed by atoms with van der Waals surface area (Å²) in [6.07, 6.45) is 5.09. The number of rotatable bonds is 3. The molecule has 0 radical (unpaired) electrons. The maximum absolute atomic E-state index is 12.2. The van der Waals surface area contributed by atoms with Crippen LogP contribution in [0.15, 0.2) is 23.0 Å². The second-order valence-corrected chi connectivity index (χ2v) is 4.51. The van der Waals surface area contributed by atoms with Gasteiger partial charge in [0, 0.05) is 12.1 Å². The first-order chi connectivity index (χ1) is 9.58. The molecule has 2 N–H and O–H groups in total. The molecule has 0 aliphatic heterocycles. The lowest BCUT2D eigenvalue weighted by Gasteiger charge is -2.07. The Hall–Kier alpha value is -2.39. The zero-order valence-electron chi connectivity index (χ0n) is 10.9. The Morgan fingerprint density at radius 2 is 2.30 bits per heavy atom. The van der Waals surface area contributed by atoms with Crippen molar-refractivity contribution in [2.24, 2.45) is 0 Å². The van der Waals surface area contributed by atoms with Crippen molar-refractivity contribution in [2.75, 3.05) is 6.54 Å². The summed E-state index contributed by atoms with van der Waals surface area (Å²) in [5.41, 5.74) is 0.798. The van der Waals surface area contributed by atoms with Crippen molar-refractivity contribution in [2.45, 2.75) is 13.5 Å². The normalized spacial score (nSPS) is 10.2. The number of terminal acetylenes is 1. The quantitative estimate of drug-likeness (QED) is 0.663. The highest BCUT2D eigenvalue weighted by molar-refractivity contribution is 7.71. The van der Waals surface area contributed by atoms with Gasteiger partial charge in [0.2, 0.25) is 0 Å². The summed E-state index contributed by atoms with van der Waals surface area (Å²) < 4.78 is 1.81. The number of carbonyl (C=O) groups excluding carboxylic acids is 1. The minimum Gasteiger partial charge on any atom is -0.341 e. The SMILES string of the molecule is C#CCNC(=O)c1ccc2c(=O)n(CC)c(=S)[nH]c2c1. The van der Waals surface area contributed by atoms with Gasteiger partial charge in [-0.05, 0) is 37.3 Å². The van der Waals surface area contributed by atoms with Crippen LogP contribution in [0.3, 0.4) is 0 Å². The molecule has 1 aromatic heterocycles. The van der Waals surface area contributed by atoms with Crippen molar-refractivity contribution in [1.29, 1.82) is 0 Å². The molecule has 0 saturated heterocycles. The number of benzene rings is 1. The maximum Gasteiger partial charge on any atom is 0.262 e. The number of aromatic amines is 1. The van der Waals surface area contributed by atoms with Gasteiger partial charge in [-0.3, -0.25) is 14.2 Å². The number of carbonyl (C=O) groups is 1. The Balaban J connectivity index is 2.57. The van der Waals surface area contributed by atoms with Crippen molar-refractivity contribution >= 4 is 29.0 Å². The lowest BCUT2D eigenvalue weighted by Crippen LogP contribution is -2.24. The molecule has 1 heterocycles. The van der Waals surface area contributed by atoms with E-state index in [-0.39, 0.29) is 18.0 Å². The highest BCUT2D eigenvalue weighted by atomic mass is 32.1. The lowest BCUT2D eigenvalue weighted by molar-refractivity contribution is 0.0959. The number of hydrogen-bond donors (Lipinski definition) is 2. The van der Waals surface area contributed by atoms with E-state index in [0.29, 0.717) is 27.8 Å². The average Bonchev–Trinajstić information content (AvgIpc) is 2.44. The summed E-state index contributed by atoms with van der Waals surface area (Å²) >= 11 is 5.13. The van der Waals surface area contributed by atoms with E-state index in [4.69, 9.17) is 18.6 Å². The van der Waals surface area contributed by atoms with Crippen LogP contribution in [-0.4, -0.2) is 22.0 Å². The van der Waals surface area contributed by atoms with E-state index in [1.807, 2.05) is 6.92 Å². The number of hydrogen-bond acceptors (Lipinski definition) is 3. The van der Waals surface area contributed by atoms with Crippen LogP contribution < -0.4 is 10.9 Å². The monoisotopic (exact) mass is 287 g/mol. The molecule has 1 aromatic carbocycles. The van der Waals surface area contributed by atoms with E-state index in [9.17, 15) is 9.59 Å². The van der Waals surface area contributed by atoms with E-state index >= 15 is 0 Å². The van der Waals surface area contributed by atoms with Crippen molar-refractivity contribution in [3.8, 4) is 12.3 Å². The summed E-state index contributed by atoms with van der Waals surface area (Å²) in [6.45, 7) is 2.50. The summed E-state index contributed by atoms with van der Waals surface area (Å²) in [7, 11) is 0. The van der Waals surface area contributed by atoms with Crippen molar-refractivity contribution in [3.05, 3.63) is 38.9 Å². The molecule has 0 bridgehead atoms. The van der Waals surface area contributed by atoms with Gasteiger partial charge in [0.15, 0.2) is 4.77 Å². The molecular formula is C14H13N3O2S. The number of fused-ring (bicyclic) bond motifs is 1. The van der Waals surface area contributed by atoms with Crippen LogP contribution in [0, 0.1) is 17.1 Å². The second-order valence-electron chi connectivity index (χ2n) is 4.13. The highest BCUT2D eigenvalue weighted by Crippen LogP contribution is 2.10. The first kappa shape index (κ1) is 14.0. The van der Waals surface area contributed by atoms with Crippen LogP contribution in [0.4, 0.5) is 0 Å². The third-order valence-corrected chi connectivity index (χ3v) is 3.23. The van der Waals surface area contributed by atoms with Crippen LogP contribution >= 0.6 is 12.2 Å². The number of nitrogens with zero attached hydrogens (tertiary/aromatic N) is 1. The van der Waals surface area contributed by atoms with Gasteiger partial charge in [-0.1, -0.05) is 5.92 Å².